The van der Waals surface area contributed by atoms with Crippen LogP contribution in [0.5, 0.6) is 5.75 Å². The quantitative estimate of drug-likeness (QED) is 0.754. The van der Waals surface area contributed by atoms with E-state index in [1.54, 1.807) is 12.0 Å². The van der Waals surface area contributed by atoms with Crippen LogP contribution in [0.2, 0.25) is 0 Å². The van der Waals surface area contributed by atoms with E-state index < -0.39 is 6.36 Å². The molecule has 31 heavy (non-hydrogen) atoms. The Balaban J connectivity index is 1.34. The number of methoxy groups -OCH3 is 1. The van der Waals surface area contributed by atoms with Crippen molar-refractivity contribution in [1.29, 1.82) is 0 Å². The molecule has 4 rings (SSSR count). The summed E-state index contributed by atoms with van der Waals surface area (Å²) in [6.45, 7) is 2.06. The zero-order chi connectivity index (χ0) is 22.0. The summed E-state index contributed by atoms with van der Waals surface area (Å²) in [7, 11) is 1.68. The largest absolute Gasteiger partial charge is 0.573 e. The summed E-state index contributed by atoms with van der Waals surface area (Å²) in [5.41, 5.74) is 1.33. The van der Waals surface area contributed by atoms with Crippen LogP contribution in [0.1, 0.15) is 36.9 Å². The molecule has 1 saturated carbocycles. The van der Waals surface area contributed by atoms with Crippen molar-refractivity contribution in [2.75, 3.05) is 26.9 Å². The summed E-state index contributed by atoms with van der Waals surface area (Å²) in [6.07, 6.45) is 0.216. The van der Waals surface area contributed by atoms with Crippen LogP contribution >= 0.6 is 0 Å². The number of hydrogen-bond donors (Lipinski definition) is 1. The van der Waals surface area contributed by atoms with Crippen molar-refractivity contribution in [3.63, 3.8) is 0 Å². The van der Waals surface area contributed by atoms with Gasteiger partial charge in [-0.15, -0.1) is 13.2 Å². The number of rotatable bonds is 5. The van der Waals surface area contributed by atoms with Gasteiger partial charge in [0.05, 0.1) is 18.9 Å². The molecule has 1 saturated heterocycles. The molecule has 172 valence electrons. The maximum absolute atomic E-state index is 13.1. The van der Waals surface area contributed by atoms with E-state index in [-0.39, 0.29) is 42.3 Å². The topological polar surface area (TPSA) is 72.9 Å². The van der Waals surface area contributed by atoms with E-state index in [0.717, 1.165) is 37.6 Å². The van der Waals surface area contributed by atoms with Gasteiger partial charge in [-0.3, -0.25) is 9.78 Å². The summed E-state index contributed by atoms with van der Waals surface area (Å²) < 4.78 is 52.4. The van der Waals surface area contributed by atoms with Crippen LogP contribution < -0.4 is 10.1 Å². The maximum Gasteiger partial charge on any atom is 0.573 e. The first-order chi connectivity index (χ1) is 14.8. The van der Waals surface area contributed by atoms with Crippen LogP contribution in [0.3, 0.4) is 0 Å². The second-order valence-electron chi connectivity index (χ2n) is 8.45. The molecule has 3 unspecified atom stereocenters. The van der Waals surface area contributed by atoms with Crippen molar-refractivity contribution in [3.05, 3.63) is 23.5 Å². The first-order valence-electron chi connectivity index (χ1n) is 10.7. The van der Waals surface area contributed by atoms with E-state index in [0.29, 0.717) is 31.7 Å². The Bertz CT molecular complexity index is 792. The van der Waals surface area contributed by atoms with Crippen LogP contribution in [0.15, 0.2) is 12.3 Å². The number of hydrogen-bond acceptors (Lipinski definition) is 6. The van der Waals surface area contributed by atoms with Gasteiger partial charge in [0, 0.05) is 56.9 Å². The monoisotopic (exact) mass is 443 g/mol. The standard InChI is InChI=1S/C21H28F3N3O4/c1-29-19-12-30-7-5-18(19)26-15-3-2-13(8-15)20(28)27-6-4-17-14(11-27)9-16(10-25-17)31-21(22,23)24/h9-10,13,15,18-19,26H,2-8,11-12H2,1H3/t13-,15?,18?,19?/m0/s1. The maximum atomic E-state index is 13.1. The second-order valence-corrected chi connectivity index (χ2v) is 8.45. The molecule has 0 aromatic carbocycles. The number of carbonyl (C=O) groups excluding carboxylic acids is 1. The normalized spacial score (nSPS) is 29.0. The van der Waals surface area contributed by atoms with Crippen LogP contribution in [-0.2, 0) is 27.2 Å². The molecule has 1 amide bonds. The van der Waals surface area contributed by atoms with Gasteiger partial charge in [0.15, 0.2) is 0 Å². The summed E-state index contributed by atoms with van der Waals surface area (Å²) in [4.78, 5) is 18.9. The minimum atomic E-state index is -4.77. The molecule has 0 radical (unpaired) electrons. The fourth-order valence-electron chi connectivity index (χ4n) is 4.83. The van der Waals surface area contributed by atoms with Crippen molar-refractivity contribution < 1.29 is 32.2 Å². The predicted octanol–water partition coefficient (Wildman–Crippen LogP) is 2.43. The molecule has 2 fully saturated rings. The number of fused-ring (bicyclic) bond motifs is 1. The first kappa shape index (κ1) is 22.3. The zero-order valence-electron chi connectivity index (χ0n) is 17.5. The smallest absolute Gasteiger partial charge is 0.404 e. The molecule has 3 aliphatic rings. The number of alkyl halides is 3. The molecule has 0 bridgehead atoms. The lowest BCUT2D eigenvalue weighted by Gasteiger charge is -2.33. The van der Waals surface area contributed by atoms with Crippen LogP contribution in [0.4, 0.5) is 13.2 Å². The van der Waals surface area contributed by atoms with E-state index in [4.69, 9.17) is 9.47 Å². The predicted molar refractivity (Wildman–Crippen MR) is 104 cm³/mol. The Morgan fingerprint density at radius 3 is 2.94 bits per heavy atom. The molecule has 3 heterocycles. The lowest BCUT2D eigenvalue weighted by atomic mass is 10.0. The highest BCUT2D eigenvalue weighted by atomic mass is 19.4. The molecule has 1 N–H and O–H groups in total. The van der Waals surface area contributed by atoms with Gasteiger partial charge in [-0.25, -0.2) is 0 Å². The van der Waals surface area contributed by atoms with Crippen LogP contribution in [0.25, 0.3) is 0 Å². The van der Waals surface area contributed by atoms with E-state index in [1.807, 2.05) is 0 Å². The number of nitrogens with zero attached hydrogens (tertiary/aromatic N) is 2. The molecule has 4 atom stereocenters. The number of carbonyl (C=O) groups is 1. The Morgan fingerprint density at radius 2 is 2.16 bits per heavy atom. The molecular formula is C21H28F3N3O4. The molecule has 1 aromatic heterocycles. The van der Waals surface area contributed by atoms with E-state index in [2.05, 4.69) is 15.0 Å². The van der Waals surface area contributed by atoms with Crippen molar-refractivity contribution in [2.24, 2.45) is 5.92 Å². The Labute approximate surface area is 179 Å². The molecule has 1 aromatic rings. The van der Waals surface area contributed by atoms with Gasteiger partial charge in [-0.1, -0.05) is 0 Å². The Hall–Kier alpha value is -1.91. The van der Waals surface area contributed by atoms with Gasteiger partial charge in [-0.2, -0.15) is 0 Å². The van der Waals surface area contributed by atoms with Crippen LogP contribution in [-0.4, -0.2) is 67.2 Å². The number of halogens is 3. The Morgan fingerprint density at radius 1 is 1.32 bits per heavy atom. The highest BCUT2D eigenvalue weighted by Gasteiger charge is 2.37. The summed E-state index contributed by atoms with van der Waals surface area (Å²) in [5, 5.41) is 3.64. The highest BCUT2D eigenvalue weighted by Crippen LogP contribution is 2.31. The number of ether oxygens (including phenoxy) is 3. The Kier molecular flexibility index (Phi) is 6.68. The zero-order valence-corrected chi connectivity index (χ0v) is 17.5. The lowest BCUT2D eigenvalue weighted by molar-refractivity contribution is -0.274. The molecular weight excluding hydrogens is 415 g/mol. The van der Waals surface area contributed by atoms with Gasteiger partial charge in [0.25, 0.3) is 0 Å². The van der Waals surface area contributed by atoms with Gasteiger partial charge in [0.2, 0.25) is 5.91 Å². The van der Waals surface area contributed by atoms with Crippen molar-refractivity contribution in [3.8, 4) is 5.75 Å². The molecule has 2 aliphatic heterocycles. The lowest BCUT2D eigenvalue weighted by Crippen LogP contribution is -2.50. The number of aromatic nitrogens is 1. The average molecular weight is 443 g/mol. The molecule has 10 heteroatoms. The average Bonchev–Trinajstić information content (AvgIpc) is 3.20. The van der Waals surface area contributed by atoms with Gasteiger partial charge in [-0.05, 0) is 37.3 Å². The SMILES string of the molecule is COC1COCCC1NC1CC[C@H](C(=O)N2CCc3ncc(OC(F)(F)F)cc3C2)C1. The number of amides is 1. The summed E-state index contributed by atoms with van der Waals surface area (Å²) in [6, 6.07) is 1.81. The number of nitrogens with one attached hydrogen (secondary N) is 1. The van der Waals surface area contributed by atoms with Crippen molar-refractivity contribution in [1.82, 2.24) is 15.2 Å². The van der Waals surface area contributed by atoms with Gasteiger partial charge >= 0.3 is 6.36 Å². The fraction of sp³-hybridized carbons (Fsp3) is 0.714. The second kappa shape index (κ2) is 9.30. The summed E-state index contributed by atoms with van der Waals surface area (Å²) in [5.74, 6) is -0.371. The highest BCUT2D eigenvalue weighted by molar-refractivity contribution is 5.79. The van der Waals surface area contributed by atoms with Crippen LogP contribution in [0, 0.1) is 5.92 Å². The fourth-order valence-corrected chi connectivity index (χ4v) is 4.83. The van der Waals surface area contributed by atoms with E-state index in [1.165, 1.54) is 6.07 Å². The molecule has 7 nitrogen and oxygen atoms in total. The minimum Gasteiger partial charge on any atom is -0.404 e. The van der Waals surface area contributed by atoms with Gasteiger partial charge in [0.1, 0.15) is 5.75 Å². The molecule has 1 aliphatic carbocycles. The van der Waals surface area contributed by atoms with Crippen molar-refractivity contribution >= 4 is 5.91 Å². The number of pyridine rings is 1. The van der Waals surface area contributed by atoms with E-state index >= 15 is 0 Å². The summed E-state index contributed by atoms with van der Waals surface area (Å²) >= 11 is 0. The van der Waals surface area contributed by atoms with E-state index in [9.17, 15) is 18.0 Å². The third-order valence-electron chi connectivity index (χ3n) is 6.40. The third kappa shape index (κ3) is 5.48. The first-order valence-corrected chi connectivity index (χ1v) is 10.7. The van der Waals surface area contributed by atoms with Gasteiger partial charge < -0.3 is 24.4 Å². The third-order valence-corrected chi connectivity index (χ3v) is 6.40. The minimum absolute atomic E-state index is 0.0164. The van der Waals surface area contributed by atoms with Crippen molar-refractivity contribution in [2.45, 2.75) is 63.2 Å². The molecule has 0 spiro atoms.